The highest BCUT2D eigenvalue weighted by molar-refractivity contribution is 7.91. The van der Waals surface area contributed by atoms with Crippen LogP contribution in [-0.2, 0) is 9.84 Å². The zero-order chi connectivity index (χ0) is 13.3. The average molecular weight is 263 g/mol. The highest BCUT2D eigenvalue weighted by Gasteiger charge is 2.22. The molecule has 0 aliphatic rings. The molecule has 0 aliphatic heterocycles. The van der Waals surface area contributed by atoms with E-state index in [1.807, 2.05) is 0 Å². The van der Waals surface area contributed by atoms with Gasteiger partial charge in [-0.05, 0) is 30.3 Å². The predicted molar refractivity (Wildman–Crippen MR) is 71.6 cm³/mol. The minimum Gasteiger partial charge on any atom is -0.399 e. The second-order valence-corrected chi connectivity index (χ2v) is 5.73. The Kier molecular flexibility index (Phi) is 2.88. The van der Waals surface area contributed by atoms with Crippen LogP contribution in [0.2, 0.25) is 0 Å². The Labute approximate surface area is 105 Å². The Morgan fingerprint density at radius 3 is 2.06 bits per heavy atom. The number of hydrogen-bond acceptors (Lipinski definition) is 5. The van der Waals surface area contributed by atoms with Crippen molar-refractivity contribution >= 4 is 26.9 Å². The normalized spacial score (nSPS) is 11.3. The lowest BCUT2D eigenvalue weighted by atomic mass is 10.3. The second kappa shape index (κ2) is 4.23. The van der Waals surface area contributed by atoms with Crippen LogP contribution in [0.4, 0.5) is 17.1 Å². The monoisotopic (exact) mass is 263 g/mol. The fraction of sp³-hybridized carbons (Fsp3) is 0. The van der Waals surface area contributed by atoms with Crippen LogP contribution < -0.4 is 17.2 Å². The van der Waals surface area contributed by atoms with Gasteiger partial charge in [-0.15, -0.1) is 0 Å². The molecule has 2 rings (SSSR count). The topological polar surface area (TPSA) is 112 Å². The summed E-state index contributed by atoms with van der Waals surface area (Å²) in [5, 5.41) is 0. The lowest BCUT2D eigenvalue weighted by Gasteiger charge is -2.10. The van der Waals surface area contributed by atoms with Crippen LogP contribution in [0.1, 0.15) is 0 Å². The largest absolute Gasteiger partial charge is 0.399 e. The van der Waals surface area contributed by atoms with Gasteiger partial charge in [0.2, 0.25) is 9.84 Å². The summed E-state index contributed by atoms with van der Waals surface area (Å²) in [5.41, 5.74) is 17.6. The molecule has 0 aromatic heterocycles. The molecule has 2 aromatic carbocycles. The number of para-hydroxylation sites is 1. The quantitative estimate of drug-likeness (QED) is 0.706. The van der Waals surface area contributed by atoms with Crippen molar-refractivity contribution in [2.75, 3.05) is 17.2 Å². The summed E-state index contributed by atoms with van der Waals surface area (Å²) >= 11 is 0. The standard InChI is InChI=1S/C12H13N3O2S/c13-8-5-6-10(15)12(7-8)18(16,17)11-4-2-1-3-9(11)14/h1-7H,13-15H2. The minimum absolute atomic E-state index is 0.0274. The number of hydrogen-bond donors (Lipinski definition) is 3. The lowest BCUT2D eigenvalue weighted by Crippen LogP contribution is -2.08. The second-order valence-electron chi connectivity index (χ2n) is 3.84. The van der Waals surface area contributed by atoms with Crippen LogP contribution in [0, 0.1) is 0 Å². The van der Waals surface area contributed by atoms with Crippen molar-refractivity contribution in [3.05, 3.63) is 42.5 Å². The number of sulfone groups is 1. The molecule has 0 bridgehead atoms. The Balaban J connectivity index is 2.70. The van der Waals surface area contributed by atoms with E-state index in [1.165, 1.54) is 24.3 Å². The highest BCUT2D eigenvalue weighted by Crippen LogP contribution is 2.30. The third kappa shape index (κ3) is 1.98. The van der Waals surface area contributed by atoms with Crippen LogP contribution in [0.25, 0.3) is 0 Å². The van der Waals surface area contributed by atoms with Crippen LogP contribution in [0.3, 0.4) is 0 Å². The van der Waals surface area contributed by atoms with Crippen LogP contribution >= 0.6 is 0 Å². The molecule has 5 nitrogen and oxygen atoms in total. The molecule has 0 fully saturated rings. The summed E-state index contributed by atoms with van der Waals surface area (Å²) in [5.74, 6) is 0. The van der Waals surface area contributed by atoms with E-state index in [0.29, 0.717) is 5.69 Å². The van der Waals surface area contributed by atoms with Crippen molar-refractivity contribution in [3.63, 3.8) is 0 Å². The number of nitrogens with two attached hydrogens (primary N) is 3. The Morgan fingerprint density at radius 1 is 0.778 bits per heavy atom. The predicted octanol–water partition coefficient (Wildman–Crippen LogP) is 1.27. The maximum Gasteiger partial charge on any atom is 0.210 e. The molecular formula is C12H13N3O2S. The molecule has 2 aromatic rings. The van der Waals surface area contributed by atoms with E-state index in [0.717, 1.165) is 0 Å². The van der Waals surface area contributed by atoms with Gasteiger partial charge in [0.15, 0.2) is 0 Å². The molecule has 0 atom stereocenters. The Hall–Kier alpha value is -2.21. The van der Waals surface area contributed by atoms with Crippen molar-refractivity contribution in [2.45, 2.75) is 9.79 Å². The van der Waals surface area contributed by atoms with E-state index < -0.39 is 9.84 Å². The molecule has 6 N–H and O–H groups in total. The van der Waals surface area contributed by atoms with E-state index in [-0.39, 0.29) is 21.2 Å². The maximum atomic E-state index is 12.4. The van der Waals surface area contributed by atoms with Crippen molar-refractivity contribution in [1.29, 1.82) is 0 Å². The van der Waals surface area contributed by atoms with Gasteiger partial charge in [-0.3, -0.25) is 0 Å². The van der Waals surface area contributed by atoms with Crippen LogP contribution in [0.5, 0.6) is 0 Å². The van der Waals surface area contributed by atoms with E-state index in [9.17, 15) is 8.42 Å². The molecule has 0 aliphatic carbocycles. The molecule has 94 valence electrons. The molecule has 18 heavy (non-hydrogen) atoms. The highest BCUT2D eigenvalue weighted by atomic mass is 32.2. The summed E-state index contributed by atoms with van der Waals surface area (Å²) in [6.45, 7) is 0. The molecule has 0 spiro atoms. The van der Waals surface area contributed by atoms with Gasteiger partial charge in [0.05, 0.1) is 21.2 Å². The van der Waals surface area contributed by atoms with Gasteiger partial charge >= 0.3 is 0 Å². The van der Waals surface area contributed by atoms with Gasteiger partial charge in [0.25, 0.3) is 0 Å². The van der Waals surface area contributed by atoms with E-state index in [1.54, 1.807) is 18.2 Å². The lowest BCUT2D eigenvalue weighted by molar-refractivity contribution is 0.597. The van der Waals surface area contributed by atoms with Gasteiger partial charge in [-0.1, -0.05) is 12.1 Å². The van der Waals surface area contributed by atoms with Gasteiger partial charge in [-0.2, -0.15) is 0 Å². The first-order valence-corrected chi connectivity index (χ1v) is 6.66. The summed E-state index contributed by atoms with van der Waals surface area (Å²) < 4.78 is 24.8. The third-order valence-electron chi connectivity index (χ3n) is 2.54. The van der Waals surface area contributed by atoms with Crippen molar-refractivity contribution in [2.24, 2.45) is 0 Å². The summed E-state index contributed by atoms with van der Waals surface area (Å²) in [4.78, 5) is 0.00250. The van der Waals surface area contributed by atoms with Gasteiger partial charge in [0.1, 0.15) is 0 Å². The van der Waals surface area contributed by atoms with E-state index in [4.69, 9.17) is 17.2 Å². The van der Waals surface area contributed by atoms with Crippen molar-refractivity contribution < 1.29 is 8.42 Å². The summed E-state index contributed by atoms with van der Waals surface area (Å²) in [6, 6.07) is 10.6. The van der Waals surface area contributed by atoms with E-state index >= 15 is 0 Å². The first-order chi connectivity index (χ1) is 8.43. The van der Waals surface area contributed by atoms with Crippen molar-refractivity contribution in [3.8, 4) is 0 Å². The number of nitrogen functional groups attached to an aromatic ring is 3. The molecule has 0 unspecified atom stereocenters. The maximum absolute atomic E-state index is 12.4. The molecular weight excluding hydrogens is 250 g/mol. The first-order valence-electron chi connectivity index (χ1n) is 5.17. The zero-order valence-electron chi connectivity index (χ0n) is 9.50. The Bertz CT molecular complexity index is 696. The van der Waals surface area contributed by atoms with Crippen LogP contribution in [0.15, 0.2) is 52.3 Å². The van der Waals surface area contributed by atoms with Gasteiger partial charge in [-0.25, -0.2) is 8.42 Å². The molecule has 6 heteroatoms. The summed E-state index contributed by atoms with van der Waals surface area (Å²) in [7, 11) is -3.75. The average Bonchev–Trinajstić information content (AvgIpc) is 2.32. The minimum atomic E-state index is -3.75. The van der Waals surface area contributed by atoms with Crippen molar-refractivity contribution in [1.82, 2.24) is 0 Å². The number of anilines is 3. The molecule has 0 radical (unpaired) electrons. The van der Waals surface area contributed by atoms with Gasteiger partial charge in [0, 0.05) is 5.69 Å². The molecule has 0 amide bonds. The zero-order valence-corrected chi connectivity index (χ0v) is 10.3. The smallest absolute Gasteiger partial charge is 0.210 e. The fourth-order valence-corrected chi connectivity index (χ4v) is 3.17. The third-order valence-corrected chi connectivity index (χ3v) is 4.42. The summed E-state index contributed by atoms with van der Waals surface area (Å²) in [6.07, 6.45) is 0. The Morgan fingerprint density at radius 2 is 1.39 bits per heavy atom. The first kappa shape index (κ1) is 12.3. The molecule has 0 saturated heterocycles. The SMILES string of the molecule is Nc1ccc(N)c(S(=O)(=O)c2ccccc2N)c1. The molecule has 0 saturated carbocycles. The number of rotatable bonds is 2. The van der Waals surface area contributed by atoms with E-state index in [2.05, 4.69) is 0 Å². The number of benzene rings is 2. The van der Waals surface area contributed by atoms with Gasteiger partial charge < -0.3 is 17.2 Å². The fourth-order valence-electron chi connectivity index (χ4n) is 1.63. The van der Waals surface area contributed by atoms with Crippen LogP contribution in [-0.4, -0.2) is 8.42 Å². The molecule has 0 heterocycles.